The number of hydrogen-bond donors (Lipinski definition) is 1. The highest BCUT2D eigenvalue weighted by Gasteiger charge is 2.17. The molecular weight excluding hydrogens is 321 g/mol. The highest BCUT2D eigenvalue weighted by molar-refractivity contribution is 7.47. The molecule has 1 atom stereocenters. The standard InChI is InChI=1S/C10H10Cl3O4P/c1-16-18(14,15)17-5-4-9(12)8-3-2-7(11)6-10(8)13/h2-4,6H,5H2,1H3,(H,14,15). The van der Waals surface area contributed by atoms with Crippen molar-refractivity contribution in [1.29, 1.82) is 0 Å². The van der Waals surface area contributed by atoms with Crippen molar-refractivity contribution in [2.75, 3.05) is 13.7 Å². The van der Waals surface area contributed by atoms with Crippen molar-refractivity contribution in [2.24, 2.45) is 0 Å². The van der Waals surface area contributed by atoms with Crippen molar-refractivity contribution < 1.29 is 18.5 Å². The summed E-state index contributed by atoms with van der Waals surface area (Å²) >= 11 is 17.7. The van der Waals surface area contributed by atoms with E-state index in [-0.39, 0.29) is 11.6 Å². The summed E-state index contributed by atoms with van der Waals surface area (Å²) in [6.07, 6.45) is 1.40. The summed E-state index contributed by atoms with van der Waals surface area (Å²) in [4.78, 5) is 8.99. The molecule has 18 heavy (non-hydrogen) atoms. The van der Waals surface area contributed by atoms with Gasteiger partial charge in [-0.3, -0.25) is 9.05 Å². The Balaban J connectivity index is 2.75. The molecule has 1 rings (SSSR count). The second-order valence-electron chi connectivity index (χ2n) is 3.12. The maximum atomic E-state index is 11.0. The van der Waals surface area contributed by atoms with E-state index in [1.165, 1.54) is 6.08 Å². The Kier molecular flexibility index (Phi) is 6.15. The largest absolute Gasteiger partial charge is 0.472 e. The first-order valence-corrected chi connectivity index (χ1v) is 7.33. The molecule has 0 bridgehead atoms. The Morgan fingerprint density at radius 2 is 2.17 bits per heavy atom. The molecule has 100 valence electrons. The zero-order valence-electron chi connectivity index (χ0n) is 9.27. The average molecular weight is 332 g/mol. The van der Waals surface area contributed by atoms with Crippen LogP contribution in [-0.4, -0.2) is 18.6 Å². The van der Waals surface area contributed by atoms with Gasteiger partial charge in [0.05, 0.1) is 11.6 Å². The number of hydrogen-bond acceptors (Lipinski definition) is 3. The monoisotopic (exact) mass is 330 g/mol. The van der Waals surface area contributed by atoms with E-state index in [0.29, 0.717) is 15.6 Å². The SMILES string of the molecule is COP(=O)(O)OCC=C(Cl)c1ccc(Cl)cc1Cl. The second-order valence-corrected chi connectivity index (χ2v) is 5.93. The van der Waals surface area contributed by atoms with Crippen LogP contribution in [0.25, 0.3) is 5.03 Å². The summed E-state index contributed by atoms with van der Waals surface area (Å²) in [5.74, 6) is 0. The van der Waals surface area contributed by atoms with E-state index in [1.807, 2.05) is 0 Å². The van der Waals surface area contributed by atoms with Gasteiger partial charge in [0.2, 0.25) is 0 Å². The zero-order valence-corrected chi connectivity index (χ0v) is 12.4. The molecule has 0 aliphatic rings. The Morgan fingerprint density at radius 1 is 1.50 bits per heavy atom. The maximum absolute atomic E-state index is 11.0. The number of halogens is 3. The molecule has 0 saturated heterocycles. The third kappa shape index (κ3) is 4.90. The van der Waals surface area contributed by atoms with E-state index in [2.05, 4.69) is 9.05 Å². The Hall–Kier alpha value is -0.0600. The Bertz CT molecular complexity index is 504. The molecule has 1 aromatic carbocycles. The Labute approximate surface area is 120 Å². The summed E-state index contributed by atoms with van der Waals surface area (Å²) in [5.41, 5.74) is 0.552. The third-order valence-corrected chi connectivity index (χ3v) is 3.76. The first-order chi connectivity index (χ1) is 8.35. The first kappa shape index (κ1) is 16.0. The molecule has 0 heterocycles. The molecule has 0 amide bonds. The van der Waals surface area contributed by atoms with Crippen molar-refractivity contribution in [1.82, 2.24) is 0 Å². The van der Waals surface area contributed by atoms with Crippen LogP contribution in [0.1, 0.15) is 5.56 Å². The van der Waals surface area contributed by atoms with Gasteiger partial charge in [-0.2, -0.15) is 0 Å². The first-order valence-electron chi connectivity index (χ1n) is 4.70. The van der Waals surface area contributed by atoms with Gasteiger partial charge in [0, 0.05) is 22.7 Å². The van der Waals surface area contributed by atoms with Crippen LogP contribution < -0.4 is 0 Å². The summed E-state index contributed by atoms with van der Waals surface area (Å²) < 4.78 is 19.8. The lowest BCUT2D eigenvalue weighted by Gasteiger charge is -2.07. The fraction of sp³-hybridized carbons (Fsp3) is 0.200. The lowest BCUT2D eigenvalue weighted by Crippen LogP contribution is -1.92. The van der Waals surface area contributed by atoms with E-state index in [9.17, 15) is 4.57 Å². The molecule has 1 aromatic rings. The van der Waals surface area contributed by atoms with Crippen molar-refractivity contribution in [3.63, 3.8) is 0 Å². The van der Waals surface area contributed by atoms with Crippen molar-refractivity contribution in [3.8, 4) is 0 Å². The molecule has 0 saturated carbocycles. The Morgan fingerprint density at radius 3 is 2.72 bits per heavy atom. The van der Waals surface area contributed by atoms with Gasteiger partial charge in [0.1, 0.15) is 0 Å². The van der Waals surface area contributed by atoms with Crippen molar-refractivity contribution in [3.05, 3.63) is 39.9 Å². The number of phosphoric ester groups is 1. The third-order valence-electron chi connectivity index (χ3n) is 1.92. The van der Waals surface area contributed by atoms with E-state index in [0.717, 1.165) is 7.11 Å². The molecule has 0 aliphatic heterocycles. The topological polar surface area (TPSA) is 55.8 Å². The molecule has 0 aromatic heterocycles. The summed E-state index contributed by atoms with van der Waals surface area (Å²) in [6, 6.07) is 4.81. The minimum atomic E-state index is -4.00. The second kappa shape index (κ2) is 6.92. The lowest BCUT2D eigenvalue weighted by atomic mass is 10.2. The lowest BCUT2D eigenvalue weighted by molar-refractivity contribution is 0.188. The van der Waals surface area contributed by atoms with Gasteiger partial charge in [-0.1, -0.05) is 40.9 Å². The van der Waals surface area contributed by atoms with Crippen LogP contribution in [0.15, 0.2) is 24.3 Å². The maximum Gasteiger partial charge on any atom is 0.472 e. The molecule has 0 spiro atoms. The molecule has 4 nitrogen and oxygen atoms in total. The quantitative estimate of drug-likeness (QED) is 0.816. The number of phosphoric acid groups is 1. The van der Waals surface area contributed by atoms with Gasteiger partial charge in [0.15, 0.2) is 0 Å². The molecule has 1 unspecified atom stereocenters. The molecule has 0 aliphatic carbocycles. The van der Waals surface area contributed by atoms with Crippen LogP contribution in [0.4, 0.5) is 0 Å². The average Bonchev–Trinajstić information content (AvgIpc) is 2.28. The summed E-state index contributed by atoms with van der Waals surface area (Å²) in [5, 5.41) is 1.15. The van der Waals surface area contributed by atoms with Gasteiger partial charge in [-0.25, -0.2) is 4.57 Å². The van der Waals surface area contributed by atoms with Crippen molar-refractivity contribution in [2.45, 2.75) is 0 Å². The smallest absolute Gasteiger partial charge is 0.302 e. The molecule has 1 N–H and O–H groups in total. The van der Waals surface area contributed by atoms with E-state index in [1.54, 1.807) is 18.2 Å². The predicted octanol–water partition coefficient (Wildman–Crippen LogP) is 4.34. The van der Waals surface area contributed by atoms with Crippen LogP contribution in [-0.2, 0) is 13.6 Å². The van der Waals surface area contributed by atoms with Gasteiger partial charge in [-0.05, 0) is 18.2 Å². The molecule has 0 fully saturated rings. The van der Waals surface area contributed by atoms with Gasteiger partial charge < -0.3 is 4.89 Å². The number of benzene rings is 1. The predicted molar refractivity (Wildman–Crippen MR) is 73.1 cm³/mol. The molecule has 0 radical (unpaired) electrons. The number of rotatable bonds is 5. The van der Waals surface area contributed by atoms with Crippen LogP contribution in [0.5, 0.6) is 0 Å². The molecule has 8 heteroatoms. The van der Waals surface area contributed by atoms with Crippen molar-refractivity contribution >= 4 is 47.7 Å². The van der Waals surface area contributed by atoms with Crippen LogP contribution in [0.3, 0.4) is 0 Å². The van der Waals surface area contributed by atoms with Crippen LogP contribution >= 0.6 is 42.6 Å². The van der Waals surface area contributed by atoms with Gasteiger partial charge in [-0.15, -0.1) is 0 Å². The van der Waals surface area contributed by atoms with Gasteiger partial charge >= 0.3 is 7.82 Å². The summed E-state index contributed by atoms with van der Waals surface area (Å²) in [7, 11) is -2.93. The van der Waals surface area contributed by atoms with E-state index >= 15 is 0 Å². The fourth-order valence-electron chi connectivity index (χ4n) is 1.05. The highest BCUT2D eigenvalue weighted by Crippen LogP contribution is 2.42. The molecular formula is C10H10Cl3O4P. The van der Waals surface area contributed by atoms with Crippen LogP contribution in [0, 0.1) is 0 Å². The highest BCUT2D eigenvalue weighted by atomic mass is 35.5. The fourth-order valence-corrected chi connectivity index (χ4v) is 2.21. The minimum Gasteiger partial charge on any atom is -0.302 e. The minimum absolute atomic E-state index is 0.181. The summed E-state index contributed by atoms with van der Waals surface area (Å²) in [6.45, 7) is -0.181. The van der Waals surface area contributed by atoms with E-state index < -0.39 is 7.82 Å². The zero-order chi connectivity index (χ0) is 13.8. The van der Waals surface area contributed by atoms with Gasteiger partial charge in [0.25, 0.3) is 0 Å². The normalized spacial score (nSPS) is 15.5. The van der Waals surface area contributed by atoms with Crippen LogP contribution in [0.2, 0.25) is 10.0 Å². The van der Waals surface area contributed by atoms with E-state index in [4.69, 9.17) is 39.7 Å².